The molecule has 0 spiro atoms. The Kier molecular flexibility index (Phi) is 8.11. The number of anilines is 6. The van der Waals surface area contributed by atoms with E-state index in [0.717, 1.165) is 28.3 Å². The first-order valence-electron chi connectivity index (χ1n) is 21.1. The first kappa shape index (κ1) is 35.0. The number of para-hydroxylation sites is 2. The van der Waals surface area contributed by atoms with Crippen molar-refractivity contribution in [2.24, 2.45) is 0 Å². The molecule has 12 rings (SSSR count). The first-order valence-corrected chi connectivity index (χ1v) is 21.1. The van der Waals surface area contributed by atoms with Gasteiger partial charge in [-0.1, -0.05) is 182 Å². The Morgan fingerprint density at radius 1 is 0.328 bits per heavy atom. The molecule has 1 aliphatic carbocycles. The van der Waals surface area contributed by atoms with Crippen LogP contribution in [0.1, 0.15) is 22.3 Å². The molecule has 0 atom stereocenters. The van der Waals surface area contributed by atoms with E-state index < -0.39 is 5.41 Å². The van der Waals surface area contributed by atoms with Gasteiger partial charge in [-0.3, -0.25) is 0 Å². The number of nitrogens with zero attached hydrogens (tertiary/aromatic N) is 2. The lowest BCUT2D eigenvalue weighted by atomic mass is 9.67. The minimum atomic E-state index is -0.487. The first-order chi connectivity index (χ1) is 30.3. The molecule has 0 unspecified atom stereocenters. The Bertz CT molecular complexity index is 3200. The van der Waals surface area contributed by atoms with Gasteiger partial charge in [-0.2, -0.15) is 0 Å². The molecule has 0 saturated heterocycles. The minimum absolute atomic E-state index is 0.487. The summed E-state index contributed by atoms with van der Waals surface area (Å²) < 4.78 is 0. The van der Waals surface area contributed by atoms with Gasteiger partial charge in [-0.25, -0.2) is 0 Å². The van der Waals surface area contributed by atoms with E-state index in [9.17, 15) is 0 Å². The lowest BCUT2D eigenvalue weighted by molar-refractivity contribution is 0.768. The van der Waals surface area contributed by atoms with Gasteiger partial charge >= 0.3 is 0 Å². The fourth-order valence-corrected chi connectivity index (χ4v) is 10.3. The van der Waals surface area contributed by atoms with Gasteiger partial charge in [0.2, 0.25) is 0 Å². The highest BCUT2D eigenvalue weighted by molar-refractivity contribution is 6.13. The predicted octanol–water partition coefficient (Wildman–Crippen LogP) is 15.8. The summed E-state index contributed by atoms with van der Waals surface area (Å²) in [6.45, 7) is 0. The SMILES string of the molecule is c1ccc(N(c2cccc(-c3ccc(N4c5ccccc5-c5cccc6cccc4c56)cc3)c2)c2ccc3c(c2)C(c2ccccc2)(c2ccccc2)c2ccccc2-3)cc1. The standard InChI is InChI=1S/C59H40N2/c1-4-20-44(21-5-1)59(45-22-6-2-7-23-45)54-30-12-10-27-50(54)51-38-37-49(40-55(51)59)60(46-24-8-3-9-25-46)48-26-14-19-43(39-48)41-33-35-47(36-34-41)61-56-31-13-11-28-52(56)53-29-15-17-42-18-16-32-57(61)58(42)53/h1-40H. The molecular weight excluding hydrogens is 737 g/mol. The van der Waals surface area contributed by atoms with Crippen molar-refractivity contribution in [1.82, 2.24) is 0 Å². The lowest BCUT2D eigenvalue weighted by Crippen LogP contribution is -2.28. The normalized spacial score (nSPS) is 13.0. The van der Waals surface area contributed by atoms with Crippen LogP contribution < -0.4 is 9.80 Å². The fourth-order valence-electron chi connectivity index (χ4n) is 10.3. The molecule has 1 aliphatic heterocycles. The molecule has 10 aromatic carbocycles. The monoisotopic (exact) mass is 776 g/mol. The third-order valence-corrected chi connectivity index (χ3v) is 12.8. The van der Waals surface area contributed by atoms with E-state index in [1.54, 1.807) is 0 Å². The molecule has 1 heterocycles. The molecule has 61 heavy (non-hydrogen) atoms. The zero-order valence-electron chi connectivity index (χ0n) is 33.5. The van der Waals surface area contributed by atoms with E-state index in [4.69, 9.17) is 0 Å². The van der Waals surface area contributed by atoms with Crippen molar-refractivity contribution in [3.63, 3.8) is 0 Å². The van der Waals surface area contributed by atoms with Crippen molar-refractivity contribution in [3.05, 3.63) is 265 Å². The Labute approximate surface area is 356 Å². The molecule has 2 aliphatic rings. The van der Waals surface area contributed by atoms with Crippen molar-refractivity contribution < 1.29 is 0 Å². The second-order valence-electron chi connectivity index (χ2n) is 16.1. The van der Waals surface area contributed by atoms with Crippen LogP contribution in [0.15, 0.2) is 243 Å². The maximum absolute atomic E-state index is 2.44. The van der Waals surface area contributed by atoms with Crippen molar-refractivity contribution in [2.45, 2.75) is 5.41 Å². The molecule has 0 fully saturated rings. The van der Waals surface area contributed by atoms with Gasteiger partial charge in [0.25, 0.3) is 0 Å². The molecule has 0 bridgehead atoms. The van der Waals surface area contributed by atoms with Gasteiger partial charge in [0.05, 0.1) is 16.8 Å². The van der Waals surface area contributed by atoms with Crippen LogP contribution in [-0.4, -0.2) is 0 Å². The Morgan fingerprint density at radius 3 is 1.64 bits per heavy atom. The number of benzene rings is 10. The Balaban J connectivity index is 0.980. The van der Waals surface area contributed by atoms with Crippen LogP contribution in [0, 0.1) is 0 Å². The van der Waals surface area contributed by atoms with Crippen LogP contribution >= 0.6 is 0 Å². The summed E-state index contributed by atoms with van der Waals surface area (Å²) in [6, 6.07) is 89.0. The predicted molar refractivity (Wildman–Crippen MR) is 255 cm³/mol. The molecule has 0 amide bonds. The van der Waals surface area contributed by atoms with E-state index >= 15 is 0 Å². The number of hydrogen-bond donors (Lipinski definition) is 0. The molecule has 2 nitrogen and oxygen atoms in total. The molecule has 286 valence electrons. The van der Waals surface area contributed by atoms with Crippen LogP contribution in [0.5, 0.6) is 0 Å². The van der Waals surface area contributed by atoms with Gasteiger partial charge in [0, 0.05) is 33.7 Å². The van der Waals surface area contributed by atoms with Crippen LogP contribution in [0.4, 0.5) is 34.1 Å². The van der Waals surface area contributed by atoms with E-state index in [2.05, 4.69) is 252 Å². The van der Waals surface area contributed by atoms with Crippen LogP contribution in [0.3, 0.4) is 0 Å². The molecular formula is C59H40N2. The summed E-state index contributed by atoms with van der Waals surface area (Å²) >= 11 is 0. The van der Waals surface area contributed by atoms with E-state index in [1.807, 2.05) is 0 Å². The summed E-state index contributed by atoms with van der Waals surface area (Å²) in [5.41, 5.74) is 18.9. The number of rotatable bonds is 7. The molecule has 0 aromatic heterocycles. The molecule has 10 aromatic rings. The van der Waals surface area contributed by atoms with E-state index in [-0.39, 0.29) is 0 Å². The highest BCUT2D eigenvalue weighted by Gasteiger charge is 2.46. The maximum atomic E-state index is 2.44. The molecule has 2 heteroatoms. The smallest absolute Gasteiger partial charge is 0.0714 e. The largest absolute Gasteiger partial charge is 0.310 e. The van der Waals surface area contributed by atoms with Crippen molar-refractivity contribution in [1.29, 1.82) is 0 Å². The minimum Gasteiger partial charge on any atom is -0.310 e. The lowest BCUT2D eigenvalue weighted by Gasteiger charge is -2.35. The summed E-state index contributed by atoms with van der Waals surface area (Å²) in [6.07, 6.45) is 0. The van der Waals surface area contributed by atoms with E-state index in [0.29, 0.717) is 0 Å². The highest BCUT2D eigenvalue weighted by atomic mass is 15.2. The average Bonchev–Trinajstić information content (AvgIpc) is 3.63. The van der Waals surface area contributed by atoms with Gasteiger partial charge in [0.1, 0.15) is 0 Å². The van der Waals surface area contributed by atoms with Crippen molar-refractivity contribution in [2.75, 3.05) is 9.80 Å². The highest BCUT2D eigenvalue weighted by Crippen LogP contribution is 2.57. The number of fused-ring (bicyclic) bond motifs is 5. The summed E-state index contributed by atoms with van der Waals surface area (Å²) in [5.74, 6) is 0. The van der Waals surface area contributed by atoms with Gasteiger partial charge in [-0.05, 0) is 116 Å². The van der Waals surface area contributed by atoms with Crippen molar-refractivity contribution >= 4 is 44.9 Å². The topological polar surface area (TPSA) is 6.48 Å². The summed E-state index contributed by atoms with van der Waals surface area (Å²) in [5, 5.41) is 2.55. The second kappa shape index (κ2) is 14.1. The average molecular weight is 777 g/mol. The zero-order valence-corrected chi connectivity index (χ0v) is 33.5. The van der Waals surface area contributed by atoms with Crippen LogP contribution in [0.25, 0.3) is 44.2 Å². The Morgan fingerprint density at radius 2 is 0.885 bits per heavy atom. The quantitative estimate of drug-likeness (QED) is 0.159. The molecule has 0 saturated carbocycles. The third-order valence-electron chi connectivity index (χ3n) is 12.8. The van der Waals surface area contributed by atoms with E-state index in [1.165, 1.54) is 72.2 Å². The summed E-state index contributed by atoms with van der Waals surface area (Å²) in [7, 11) is 0. The maximum Gasteiger partial charge on any atom is 0.0714 e. The van der Waals surface area contributed by atoms with Crippen LogP contribution in [0.2, 0.25) is 0 Å². The van der Waals surface area contributed by atoms with Gasteiger partial charge in [-0.15, -0.1) is 0 Å². The Hall–Kier alpha value is -7.94. The molecule has 0 radical (unpaired) electrons. The molecule has 0 N–H and O–H groups in total. The van der Waals surface area contributed by atoms with Gasteiger partial charge in [0.15, 0.2) is 0 Å². The fraction of sp³-hybridized carbons (Fsp3) is 0.0169. The summed E-state index contributed by atoms with van der Waals surface area (Å²) in [4.78, 5) is 4.82. The number of hydrogen-bond acceptors (Lipinski definition) is 2. The van der Waals surface area contributed by atoms with Crippen LogP contribution in [-0.2, 0) is 5.41 Å². The van der Waals surface area contributed by atoms with Crippen molar-refractivity contribution in [3.8, 4) is 33.4 Å². The zero-order chi connectivity index (χ0) is 40.3. The van der Waals surface area contributed by atoms with Gasteiger partial charge < -0.3 is 9.80 Å². The second-order valence-corrected chi connectivity index (χ2v) is 16.1. The third kappa shape index (κ3) is 5.43.